The number of rotatable bonds is 6. The molecule has 0 aliphatic heterocycles. The number of nitrogens with one attached hydrogen (secondary N) is 2. The number of methoxy groups -OCH3 is 1. The molecule has 0 aromatic heterocycles. The normalized spacial score (nSPS) is 15.0. The number of benzene rings is 1. The van der Waals surface area contributed by atoms with Crippen molar-refractivity contribution in [1.29, 1.82) is 0 Å². The van der Waals surface area contributed by atoms with Crippen LogP contribution in [0.4, 0.5) is 4.79 Å². The maximum Gasteiger partial charge on any atom is 0.315 e. The van der Waals surface area contributed by atoms with Crippen LogP contribution in [0.15, 0.2) is 18.2 Å². The SMILES string of the molecule is C#CCOc1cc(CNC(=O)NC2CCCCCC2)ccc1OC. The van der Waals surface area contributed by atoms with Gasteiger partial charge < -0.3 is 20.1 Å². The molecule has 1 aliphatic rings. The van der Waals surface area contributed by atoms with Crippen molar-refractivity contribution in [1.82, 2.24) is 10.6 Å². The van der Waals surface area contributed by atoms with Gasteiger partial charge in [0.05, 0.1) is 7.11 Å². The fourth-order valence-electron chi connectivity index (χ4n) is 2.91. The van der Waals surface area contributed by atoms with Gasteiger partial charge in [0.25, 0.3) is 0 Å². The molecule has 0 radical (unpaired) electrons. The van der Waals surface area contributed by atoms with E-state index in [9.17, 15) is 4.79 Å². The summed E-state index contributed by atoms with van der Waals surface area (Å²) in [6.07, 6.45) is 12.3. The molecule has 24 heavy (non-hydrogen) atoms. The quantitative estimate of drug-likeness (QED) is 0.622. The lowest BCUT2D eigenvalue weighted by atomic mass is 10.1. The van der Waals surface area contributed by atoms with E-state index in [0.29, 0.717) is 18.0 Å². The third-order valence-electron chi connectivity index (χ3n) is 4.18. The number of hydrogen-bond donors (Lipinski definition) is 2. The average molecular weight is 330 g/mol. The first kappa shape index (κ1) is 18.0. The molecule has 0 spiro atoms. The van der Waals surface area contributed by atoms with E-state index in [0.717, 1.165) is 18.4 Å². The Hall–Kier alpha value is -2.35. The molecule has 0 heterocycles. The number of amides is 2. The molecule has 1 saturated carbocycles. The molecule has 1 aliphatic carbocycles. The van der Waals surface area contributed by atoms with Crippen LogP contribution < -0.4 is 20.1 Å². The van der Waals surface area contributed by atoms with E-state index in [1.165, 1.54) is 25.7 Å². The van der Waals surface area contributed by atoms with Crippen LogP contribution in [-0.2, 0) is 6.54 Å². The molecule has 0 atom stereocenters. The summed E-state index contributed by atoms with van der Waals surface area (Å²) in [6, 6.07) is 5.71. The molecule has 1 fully saturated rings. The Morgan fingerprint density at radius 1 is 1.25 bits per heavy atom. The summed E-state index contributed by atoms with van der Waals surface area (Å²) in [7, 11) is 1.58. The third-order valence-corrected chi connectivity index (χ3v) is 4.18. The van der Waals surface area contributed by atoms with Crippen molar-refractivity contribution in [2.24, 2.45) is 0 Å². The van der Waals surface area contributed by atoms with Gasteiger partial charge in [-0.25, -0.2) is 4.79 Å². The van der Waals surface area contributed by atoms with Gasteiger partial charge in [-0.05, 0) is 30.5 Å². The van der Waals surface area contributed by atoms with Gasteiger partial charge in [-0.15, -0.1) is 6.42 Å². The molecule has 2 amide bonds. The number of ether oxygens (including phenoxy) is 2. The van der Waals surface area contributed by atoms with E-state index in [4.69, 9.17) is 15.9 Å². The summed E-state index contributed by atoms with van der Waals surface area (Å²) in [4.78, 5) is 12.1. The van der Waals surface area contributed by atoms with Crippen molar-refractivity contribution in [2.75, 3.05) is 13.7 Å². The Morgan fingerprint density at radius 3 is 2.67 bits per heavy atom. The van der Waals surface area contributed by atoms with Crippen LogP contribution >= 0.6 is 0 Å². The highest BCUT2D eigenvalue weighted by Gasteiger charge is 2.14. The lowest BCUT2D eigenvalue weighted by Gasteiger charge is -2.17. The van der Waals surface area contributed by atoms with E-state index in [-0.39, 0.29) is 18.7 Å². The molecule has 1 aromatic rings. The van der Waals surface area contributed by atoms with Gasteiger partial charge in [-0.2, -0.15) is 0 Å². The van der Waals surface area contributed by atoms with Crippen molar-refractivity contribution < 1.29 is 14.3 Å². The first-order chi connectivity index (χ1) is 11.7. The molecule has 2 rings (SSSR count). The number of carbonyl (C=O) groups excluding carboxylic acids is 1. The van der Waals surface area contributed by atoms with Gasteiger partial charge in [-0.1, -0.05) is 37.7 Å². The minimum Gasteiger partial charge on any atom is -0.493 e. The van der Waals surface area contributed by atoms with Gasteiger partial charge >= 0.3 is 6.03 Å². The van der Waals surface area contributed by atoms with Crippen LogP contribution in [0.3, 0.4) is 0 Å². The largest absolute Gasteiger partial charge is 0.493 e. The minimum absolute atomic E-state index is 0.121. The van der Waals surface area contributed by atoms with Crippen molar-refractivity contribution in [3.05, 3.63) is 23.8 Å². The fraction of sp³-hybridized carbons (Fsp3) is 0.526. The zero-order valence-electron chi connectivity index (χ0n) is 14.3. The average Bonchev–Trinajstić information content (AvgIpc) is 2.86. The summed E-state index contributed by atoms with van der Waals surface area (Å²) >= 11 is 0. The summed E-state index contributed by atoms with van der Waals surface area (Å²) < 4.78 is 10.7. The van der Waals surface area contributed by atoms with Gasteiger partial charge in [0.2, 0.25) is 0 Å². The Balaban J connectivity index is 1.86. The van der Waals surface area contributed by atoms with E-state index in [1.54, 1.807) is 7.11 Å². The lowest BCUT2D eigenvalue weighted by molar-refractivity contribution is 0.235. The topological polar surface area (TPSA) is 59.6 Å². The standard InChI is InChI=1S/C19H26N2O3/c1-3-12-24-18-13-15(10-11-17(18)23-2)14-20-19(22)21-16-8-6-4-5-7-9-16/h1,10-11,13,16H,4-9,12,14H2,2H3,(H2,20,21,22). The first-order valence-electron chi connectivity index (χ1n) is 8.50. The molecule has 0 bridgehead atoms. The molecule has 5 nitrogen and oxygen atoms in total. The van der Waals surface area contributed by atoms with E-state index in [2.05, 4.69) is 16.6 Å². The molecule has 1 aromatic carbocycles. The first-order valence-corrected chi connectivity index (χ1v) is 8.50. The van der Waals surface area contributed by atoms with Crippen molar-refractivity contribution in [2.45, 2.75) is 51.1 Å². The van der Waals surface area contributed by atoms with Gasteiger partial charge in [0, 0.05) is 12.6 Å². The van der Waals surface area contributed by atoms with Crippen LogP contribution in [-0.4, -0.2) is 25.8 Å². The number of carbonyl (C=O) groups is 1. The highest BCUT2D eigenvalue weighted by molar-refractivity contribution is 5.74. The van der Waals surface area contributed by atoms with E-state index in [1.807, 2.05) is 18.2 Å². The smallest absolute Gasteiger partial charge is 0.315 e. The zero-order valence-corrected chi connectivity index (χ0v) is 14.3. The Kier molecular flexibility index (Phi) is 7.28. The van der Waals surface area contributed by atoms with Gasteiger partial charge in [-0.3, -0.25) is 0 Å². The monoisotopic (exact) mass is 330 g/mol. The van der Waals surface area contributed by atoms with Crippen LogP contribution in [0.1, 0.15) is 44.1 Å². The molecule has 2 N–H and O–H groups in total. The highest BCUT2D eigenvalue weighted by atomic mass is 16.5. The highest BCUT2D eigenvalue weighted by Crippen LogP contribution is 2.28. The van der Waals surface area contributed by atoms with Crippen molar-refractivity contribution >= 4 is 6.03 Å². The van der Waals surface area contributed by atoms with Crippen molar-refractivity contribution in [3.8, 4) is 23.8 Å². The van der Waals surface area contributed by atoms with Crippen LogP contribution in [0.25, 0.3) is 0 Å². The second kappa shape index (κ2) is 9.71. The molecule has 5 heteroatoms. The zero-order chi connectivity index (χ0) is 17.2. The summed E-state index contributed by atoms with van der Waals surface area (Å²) in [6.45, 7) is 0.602. The maximum absolute atomic E-state index is 12.1. The molecule has 130 valence electrons. The number of hydrogen-bond acceptors (Lipinski definition) is 3. The Bertz CT molecular complexity index is 572. The predicted molar refractivity (Wildman–Crippen MR) is 94.2 cm³/mol. The summed E-state index contributed by atoms with van der Waals surface area (Å²) in [5.41, 5.74) is 0.929. The third kappa shape index (κ3) is 5.69. The van der Waals surface area contributed by atoms with Gasteiger partial charge in [0.15, 0.2) is 11.5 Å². The van der Waals surface area contributed by atoms with Crippen LogP contribution in [0.5, 0.6) is 11.5 Å². The molecule has 0 saturated heterocycles. The van der Waals surface area contributed by atoms with Crippen molar-refractivity contribution in [3.63, 3.8) is 0 Å². The molecular formula is C19H26N2O3. The Morgan fingerprint density at radius 2 is 2.00 bits per heavy atom. The van der Waals surface area contributed by atoms with E-state index < -0.39 is 0 Å². The Labute approximate surface area is 144 Å². The molecule has 0 unspecified atom stereocenters. The fourth-order valence-corrected chi connectivity index (χ4v) is 2.91. The second-order valence-corrected chi connectivity index (χ2v) is 5.99. The second-order valence-electron chi connectivity index (χ2n) is 5.99. The number of terminal acetylenes is 1. The van der Waals surface area contributed by atoms with Crippen LogP contribution in [0, 0.1) is 12.3 Å². The van der Waals surface area contributed by atoms with Crippen LogP contribution in [0.2, 0.25) is 0 Å². The maximum atomic E-state index is 12.1. The predicted octanol–water partition coefficient (Wildman–Crippen LogP) is 3.23. The number of urea groups is 1. The lowest BCUT2D eigenvalue weighted by Crippen LogP contribution is -2.41. The molecular weight excluding hydrogens is 304 g/mol. The van der Waals surface area contributed by atoms with Gasteiger partial charge in [0.1, 0.15) is 6.61 Å². The minimum atomic E-state index is -0.121. The summed E-state index contributed by atoms with van der Waals surface area (Å²) in [5.74, 6) is 3.63. The summed E-state index contributed by atoms with van der Waals surface area (Å²) in [5, 5.41) is 5.97. The van der Waals surface area contributed by atoms with E-state index >= 15 is 0 Å².